The molecule has 0 aliphatic heterocycles. The number of hydrogen-bond donors (Lipinski definition) is 1. The third-order valence-electron chi connectivity index (χ3n) is 1.85. The van der Waals surface area contributed by atoms with Crippen LogP contribution in [0.2, 0.25) is 0 Å². The first-order valence-corrected chi connectivity index (χ1v) is 5.17. The lowest BCUT2D eigenvalue weighted by atomic mass is 10.0. The van der Waals surface area contributed by atoms with Crippen LogP contribution in [0.1, 0.15) is 31.2 Å². The SMILES string of the molecule is CNC(CC(C)C)c1cncs1. The van der Waals surface area contributed by atoms with Crippen molar-refractivity contribution in [3.63, 3.8) is 0 Å². The molecule has 1 atom stereocenters. The quantitative estimate of drug-likeness (QED) is 0.777. The zero-order chi connectivity index (χ0) is 8.97. The highest BCUT2D eigenvalue weighted by molar-refractivity contribution is 7.09. The van der Waals surface area contributed by atoms with Gasteiger partial charge >= 0.3 is 0 Å². The highest BCUT2D eigenvalue weighted by Crippen LogP contribution is 2.23. The average molecular weight is 184 g/mol. The standard InChI is InChI=1S/C9H16N2S/c1-7(2)4-8(10-3)9-5-11-6-12-9/h5-8,10H,4H2,1-3H3. The topological polar surface area (TPSA) is 24.9 Å². The Kier molecular flexibility index (Phi) is 3.69. The minimum atomic E-state index is 0.484. The van der Waals surface area contributed by atoms with E-state index in [4.69, 9.17) is 0 Å². The molecule has 0 amide bonds. The van der Waals surface area contributed by atoms with Crippen LogP contribution in [-0.2, 0) is 0 Å². The minimum absolute atomic E-state index is 0.484. The Hall–Kier alpha value is -0.410. The van der Waals surface area contributed by atoms with Gasteiger partial charge in [-0.2, -0.15) is 0 Å². The van der Waals surface area contributed by atoms with Gasteiger partial charge in [0.15, 0.2) is 0 Å². The van der Waals surface area contributed by atoms with E-state index in [1.807, 2.05) is 18.8 Å². The third-order valence-corrected chi connectivity index (χ3v) is 2.74. The van der Waals surface area contributed by atoms with Crippen molar-refractivity contribution < 1.29 is 0 Å². The van der Waals surface area contributed by atoms with Crippen molar-refractivity contribution in [3.8, 4) is 0 Å². The first-order chi connectivity index (χ1) is 5.74. The van der Waals surface area contributed by atoms with E-state index in [1.165, 1.54) is 11.3 Å². The van der Waals surface area contributed by atoms with Crippen LogP contribution in [-0.4, -0.2) is 12.0 Å². The van der Waals surface area contributed by atoms with Crippen LogP contribution < -0.4 is 5.32 Å². The van der Waals surface area contributed by atoms with Gasteiger partial charge in [-0.3, -0.25) is 4.98 Å². The van der Waals surface area contributed by atoms with Crippen LogP contribution in [0.4, 0.5) is 0 Å². The van der Waals surface area contributed by atoms with Crippen LogP contribution in [0.3, 0.4) is 0 Å². The van der Waals surface area contributed by atoms with Crippen LogP contribution >= 0.6 is 11.3 Å². The highest BCUT2D eigenvalue weighted by atomic mass is 32.1. The normalized spacial score (nSPS) is 13.7. The molecule has 0 spiro atoms. The second-order valence-electron chi connectivity index (χ2n) is 3.37. The van der Waals surface area contributed by atoms with Crippen LogP contribution in [0.5, 0.6) is 0 Å². The van der Waals surface area contributed by atoms with Gasteiger partial charge in [0.2, 0.25) is 0 Å². The summed E-state index contributed by atoms with van der Waals surface area (Å²) in [5.74, 6) is 0.726. The maximum atomic E-state index is 4.08. The number of nitrogens with zero attached hydrogens (tertiary/aromatic N) is 1. The lowest BCUT2D eigenvalue weighted by Crippen LogP contribution is -2.17. The maximum absolute atomic E-state index is 4.08. The summed E-state index contributed by atoms with van der Waals surface area (Å²) in [6.07, 6.45) is 3.13. The summed E-state index contributed by atoms with van der Waals surface area (Å²) in [6.45, 7) is 4.48. The van der Waals surface area contributed by atoms with E-state index in [2.05, 4.69) is 24.1 Å². The molecule has 1 aromatic heterocycles. The Morgan fingerprint density at radius 2 is 2.33 bits per heavy atom. The van der Waals surface area contributed by atoms with Gasteiger partial charge in [0.1, 0.15) is 0 Å². The molecule has 12 heavy (non-hydrogen) atoms. The van der Waals surface area contributed by atoms with E-state index in [1.54, 1.807) is 11.3 Å². The average Bonchev–Trinajstić information content (AvgIpc) is 2.51. The molecule has 0 aromatic carbocycles. The first kappa shape index (κ1) is 9.68. The predicted octanol–water partition coefficient (Wildman–Crippen LogP) is 2.45. The van der Waals surface area contributed by atoms with Crippen LogP contribution in [0.15, 0.2) is 11.7 Å². The molecule has 1 aromatic rings. The van der Waals surface area contributed by atoms with E-state index in [9.17, 15) is 0 Å². The molecule has 1 unspecified atom stereocenters. The minimum Gasteiger partial charge on any atom is -0.312 e. The van der Waals surface area contributed by atoms with Crippen molar-refractivity contribution in [1.82, 2.24) is 10.3 Å². The molecule has 3 heteroatoms. The summed E-state index contributed by atoms with van der Waals surface area (Å²) in [5, 5.41) is 3.31. The summed E-state index contributed by atoms with van der Waals surface area (Å²) in [4.78, 5) is 5.42. The predicted molar refractivity (Wildman–Crippen MR) is 53.4 cm³/mol. The first-order valence-electron chi connectivity index (χ1n) is 4.29. The second-order valence-corrected chi connectivity index (χ2v) is 4.29. The van der Waals surface area contributed by atoms with Gasteiger partial charge in [-0.05, 0) is 19.4 Å². The number of thiazole rings is 1. The van der Waals surface area contributed by atoms with Gasteiger partial charge in [-0.15, -0.1) is 11.3 Å². The van der Waals surface area contributed by atoms with E-state index < -0.39 is 0 Å². The smallest absolute Gasteiger partial charge is 0.0794 e. The molecule has 68 valence electrons. The van der Waals surface area contributed by atoms with Gasteiger partial charge in [0, 0.05) is 17.1 Å². The summed E-state index contributed by atoms with van der Waals surface area (Å²) < 4.78 is 0. The van der Waals surface area contributed by atoms with Gasteiger partial charge in [-0.25, -0.2) is 0 Å². The molecule has 0 radical (unpaired) electrons. The summed E-state index contributed by atoms with van der Waals surface area (Å²) in [7, 11) is 2.01. The Balaban J connectivity index is 2.57. The molecule has 2 nitrogen and oxygen atoms in total. The molecule has 1 rings (SSSR count). The van der Waals surface area contributed by atoms with Crippen molar-refractivity contribution in [2.24, 2.45) is 5.92 Å². The molecule has 0 aliphatic rings. The number of hydrogen-bond acceptors (Lipinski definition) is 3. The largest absolute Gasteiger partial charge is 0.312 e. The van der Waals surface area contributed by atoms with Crippen LogP contribution in [0, 0.1) is 5.92 Å². The Bertz CT molecular complexity index is 206. The fourth-order valence-corrected chi connectivity index (χ4v) is 1.99. The van der Waals surface area contributed by atoms with Crippen molar-refractivity contribution in [1.29, 1.82) is 0 Å². The lowest BCUT2D eigenvalue weighted by Gasteiger charge is -2.15. The molecular weight excluding hydrogens is 168 g/mol. The van der Waals surface area contributed by atoms with Gasteiger partial charge < -0.3 is 5.32 Å². The van der Waals surface area contributed by atoms with Crippen molar-refractivity contribution >= 4 is 11.3 Å². The Morgan fingerprint density at radius 3 is 2.75 bits per heavy atom. The number of nitrogens with one attached hydrogen (secondary N) is 1. The highest BCUT2D eigenvalue weighted by Gasteiger charge is 2.11. The Morgan fingerprint density at radius 1 is 1.58 bits per heavy atom. The van der Waals surface area contributed by atoms with E-state index >= 15 is 0 Å². The van der Waals surface area contributed by atoms with E-state index in [0.717, 1.165) is 5.92 Å². The van der Waals surface area contributed by atoms with Crippen LogP contribution in [0.25, 0.3) is 0 Å². The molecule has 1 heterocycles. The summed E-state index contributed by atoms with van der Waals surface area (Å²) in [6, 6.07) is 0.484. The van der Waals surface area contributed by atoms with Crippen molar-refractivity contribution in [2.45, 2.75) is 26.3 Å². The third kappa shape index (κ3) is 2.57. The molecule has 0 fully saturated rings. The van der Waals surface area contributed by atoms with E-state index in [-0.39, 0.29) is 0 Å². The number of rotatable bonds is 4. The second kappa shape index (κ2) is 4.58. The summed E-state index contributed by atoms with van der Waals surface area (Å²) in [5.41, 5.74) is 1.89. The lowest BCUT2D eigenvalue weighted by molar-refractivity contribution is 0.461. The Labute approximate surface area is 78.0 Å². The van der Waals surface area contributed by atoms with Crippen molar-refractivity contribution in [3.05, 3.63) is 16.6 Å². The van der Waals surface area contributed by atoms with Crippen molar-refractivity contribution in [2.75, 3.05) is 7.05 Å². The van der Waals surface area contributed by atoms with E-state index in [0.29, 0.717) is 6.04 Å². The van der Waals surface area contributed by atoms with Gasteiger partial charge in [0.25, 0.3) is 0 Å². The fourth-order valence-electron chi connectivity index (χ4n) is 1.25. The molecule has 1 N–H and O–H groups in total. The zero-order valence-corrected chi connectivity index (χ0v) is 8.69. The summed E-state index contributed by atoms with van der Waals surface area (Å²) >= 11 is 1.72. The fraction of sp³-hybridized carbons (Fsp3) is 0.667. The zero-order valence-electron chi connectivity index (χ0n) is 7.87. The molecule has 0 saturated heterocycles. The molecule has 0 saturated carbocycles. The monoisotopic (exact) mass is 184 g/mol. The maximum Gasteiger partial charge on any atom is 0.0794 e. The number of aromatic nitrogens is 1. The van der Waals surface area contributed by atoms with Gasteiger partial charge in [-0.1, -0.05) is 13.8 Å². The molecule has 0 bridgehead atoms. The van der Waals surface area contributed by atoms with Gasteiger partial charge in [0.05, 0.1) is 5.51 Å². The molecule has 0 aliphatic carbocycles. The molecular formula is C9H16N2S.